The van der Waals surface area contributed by atoms with Crippen molar-refractivity contribution in [2.24, 2.45) is 5.41 Å². The Morgan fingerprint density at radius 3 is 3.00 bits per heavy atom. The van der Waals surface area contributed by atoms with E-state index in [1.165, 1.54) is 0 Å². The van der Waals surface area contributed by atoms with E-state index in [-0.39, 0.29) is 23.8 Å². The molecule has 0 aromatic heterocycles. The molecule has 6 nitrogen and oxygen atoms in total. The lowest BCUT2D eigenvalue weighted by Gasteiger charge is -2.41. The van der Waals surface area contributed by atoms with Gasteiger partial charge in [-0.15, -0.1) is 0 Å². The minimum Gasteiger partial charge on any atom is -0.382 e. The Morgan fingerprint density at radius 2 is 2.24 bits per heavy atom. The first kappa shape index (κ1) is 16.0. The molecule has 2 aliphatic rings. The zero-order valence-electron chi connectivity index (χ0n) is 12.8. The summed E-state index contributed by atoms with van der Waals surface area (Å²) in [5, 5.41) is 2.94. The van der Waals surface area contributed by atoms with Crippen molar-refractivity contribution in [1.29, 1.82) is 0 Å². The Balaban J connectivity index is 1.83. The summed E-state index contributed by atoms with van der Waals surface area (Å²) < 4.78 is 10.1. The molecule has 1 fully saturated rings. The molecule has 0 aromatic carbocycles. The molecule has 1 unspecified atom stereocenters. The maximum Gasteiger partial charge on any atom is 0.246 e. The fourth-order valence-electron chi connectivity index (χ4n) is 3.12. The molecule has 1 saturated heterocycles. The summed E-state index contributed by atoms with van der Waals surface area (Å²) in [6.07, 6.45) is 5.44. The van der Waals surface area contributed by atoms with E-state index in [9.17, 15) is 9.59 Å². The highest BCUT2D eigenvalue weighted by Gasteiger charge is 2.44. The van der Waals surface area contributed by atoms with Gasteiger partial charge in [0.2, 0.25) is 11.8 Å². The quantitative estimate of drug-likeness (QED) is 0.702. The molecule has 1 aliphatic carbocycles. The third-order valence-electron chi connectivity index (χ3n) is 4.35. The number of allylic oxidation sites excluding steroid dienone is 1. The number of carbonyl (C=O) groups is 2. The maximum absolute atomic E-state index is 11.8. The van der Waals surface area contributed by atoms with Gasteiger partial charge in [-0.25, -0.2) is 0 Å². The molecule has 2 amide bonds. The molecular weight excluding hydrogens is 272 g/mol. The number of hydrogen-bond donors (Lipinski definition) is 1. The highest BCUT2D eigenvalue weighted by molar-refractivity contribution is 5.80. The summed E-state index contributed by atoms with van der Waals surface area (Å²) in [6, 6.07) is 0. The molecule has 6 heteroatoms. The Labute approximate surface area is 125 Å². The van der Waals surface area contributed by atoms with Gasteiger partial charge in [-0.2, -0.15) is 0 Å². The van der Waals surface area contributed by atoms with Crippen molar-refractivity contribution in [3.63, 3.8) is 0 Å². The van der Waals surface area contributed by atoms with E-state index in [4.69, 9.17) is 9.47 Å². The summed E-state index contributed by atoms with van der Waals surface area (Å²) in [5.74, 6) is 0.0410. The third kappa shape index (κ3) is 3.63. The van der Waals surface area contributed by atoms with Gasteiger partial charge in [0.1, 0.15) is 6.61 Å². The number of hydrogen-bond acceptors (Lipinski definition) is 4. The number of likely N-dealkylation sites (tertiary alicyclic amines) is 1. The number of fused-ring (bicyclic) bond motifs is 1. The van der Waals surface area contributed by atoms with Crippen molar-refractivity contribution in [3.05, 3.63) is 11.8 Å². The lowest BCUT2D eigenvalue weighted by molar-refractivity contribution is -0.132. The lowest BCUT2D eigenvalue weighted by atomic mass is 9.77. The molecule has 1 N–H and O–H groups in total. The van der Waals surface area contributed by atoms with Crippen LogP contribution in [0, 0.1) is 5.41 Å². The number of nitrogens with zero attached hydrogens (tertiary/aromatic N) is 1. The number of ether oxygens (including phenoxy) is 2. The topological polar surface area (TPSA) is 67.9 Å². The van der Waals surface area contributed by atoms with Gasteiger partial charge in [-0.3, -0.25) is 9.59 Å². The molecule has 0 saturated carbocycles. The monoisotopic (exact) mass is 296 g/mol. The van der Waals surface area contributed by atoms with Crippen LogP contribution in [-0.4, -0.2) is 57.2 Å². The number of piperidine rings is 1. The van der Waals surface area contributed by atoms with Crippen molar-refractivity contribution in [3.8, 4) is 0 Å². The van der Waals surface area contributed by atoms with Crippen LogP contribution in [0.1, 0.15) is 25.7 Å². The van der Waals surface area contributed by atoms with Crippen molar-refractivity contribution >= 4 is 11.8 Å². The first-order valence-electron chi connectivity index (χ1n) is 7.40. The van der Waals surface area contributed by atoms with Gasteiger partial charge in [-0.05, 0) is 19.3 Å². The molecule has 2 rings (SSSR count). The van der Waals surface area contributed by atoms with Crippen LogP contribution in [0.15, 0.2) is 11.8 Å². The van der Waals surface area contributed by atoms with Gasteiger partial charge in [-0.1, -0.05) is 6.08 Å². The molecule has 1 atom stereocenters. The molecule has 21 heavy (non-hydrogen) atoms. The summed E-state index contributed by atoms with van der Waals surface area (Å²) in [5.41, 5.74) is 0.990. The first-order valence-corrected chi connectivity index (χ1v) is 7.40. The normalized spacial score (nSPS) is 24.8. The number of carbonyl (C=O) groups excluding carboxylic acids is 2. The second-order valence-electron chi connectivity index (χ2n) is 5.68. The van der Waals surface area contributed by atoms with Crippen molar-refractivity contribution in [2.45, 2.75) is 25.7 Å². The molecule has 0 radical (unpaired) electrons. The zero-order chi connectivity index (χ0) is 15.3. The molecule has 0 aromatic rings. The fraction of sp³-hybridized carbons (Fsp3) is 0.733. The Hall–Kier alpha value is -1.40. The number of nitrogens with one attached hydrogen (secondary N) is 1. The standard InChI is InChI=1S/C15H24N2O4/c1-17-12-4-3-6-15(12,7-5-14(17)19)11-16-13(18)10-21-9-8-20-2/h4H,3,5-11H2,1-2H3,(H,16,18). The predicted molar refractivity (Wildman–Crippen MR) is 77.5 cm³/mol. The average molecular weight is 296 g/mol. The summed E-state index contributed by atoms with van der Waals surface area (Å²) in [7, 11) is 3.42. The highest BCUT2D eigenvalue weighted by Crippen LogP contribution is 2.46. The zero-order valence-corrected chi connectivity index (χ0v) is 12.8. The minimum atomic E-state index is -0.119. The van der Waals surface area contributed by atoms with Crippen molar-refractivity contribution < 1.29 is 19.1 Å². The fourth-order valence-corrected chi connectivity index (χ4v) is 3.12. The second kappa shape index (κ2) is 7.04. The van der Waals surface area contributed by atoms with Crippen LogP contribution in [0.3, 0.4) is 0 Å². The second-order valence-corrected chi connectivity index (χ2v) is 5.68. The van der Waals surface area contributed by atoms with Crippen LogP contribution in [0.25, 0.3) is 0 Å². The van der Waals surface area contributed by atoms with E-state index in [1.807, 2.05) is 7.05 Å². The molecule has 0 spiro atoms. The first-order chi connectivity index (χ1) is 10.1. The summed E-state index contributed by atoms with van der Waals surface area (Å²) >= 11 is 0. The van der Waals surface area contributed by atoms with Crippen LogP contribution in [0.4, 0.5) is 0 Å². The van der Waals surface area contributed by atoms with Crippen molar-refractivity contribution in [1.82, 2.24) is 10.2 Å². The van der Waals surface area contributed by atoms with E-state index < -0.39 is 0 Å². The number of methoxy groups -OCH3 is 1. The Kier molecular flexibility index (Phi) is 5.36. The van der Waals surface area contributed by atoms with Crippen LogP contribution in [0.5, 0.6) is 0 Å². The van der Waals surface area contributed by atoms with Gasteiger partial charge in [0.15, 0.2) is 0 Å². The van der Waals surface area contributed by atoms with Crippen LogP contribution in [-0.2, 0) is 19.1 Å². The summed E-state index contributed by atoms with van der Waals surface area (Å²) in [6.45, 7) is 1.52. The third-order valence-corrected chi connectivity index (χ3v) is 4.35. The molecule has 118 valence electrons. The van der Waals surface area contributed by atoms with Gasteiger partial charge in [0.05, 0.1) is 13.2 Å². The maximum atomic E-state index is 11.8. The van der Waals surface area contributed by atoms with E-state index in [2.05, 4.69) is 11.4 Å². The van der Waals surface area contributed by atoms with Gasteiger partial charge < -0.3 is 19.7 Å². The minimum absolute atomic E-state index is 0.0489. The largest absolute Gasteiger partial charge is 0.382 e. The van der Waals surface area contributed by atoms with Gasteiger partial charge in [0, 0.05) is 38.2 Å². The van der Waals surface area contributed by atoms with Crippen LogP contribution in [0.2, 0.25) is 0 Å². The van der Waals surface area contributed by atoms with Gasteiger partial charge >= 0.3 is 0 Å². The van der Waals surface area contributed by atoms with Crippen molar-refractivity contribution in [2.75, 3.05) is 40.5 Å². The number of rotatable bonds is 7. The number of amides is 2. The summed E-state index contributed by atoms with van der Waals surface area (Å²) in [4.78, 5) is 25.3. The SMILES string of the molecule is COCCOCC(=O)NCC12CCC=C1N(C)C(=O)CC2. The molecule has 1 heterocycles. The van der Waals surface area contributed by atoms with E-state index in [1.54, 1.807) is 12.0 Å². The molecule has 0 bridgehead atoms. The lowest BCUT2D eigenvalue weighted by Crippen LogP contribution is -2.47. The van der Waals surface area contributed by atoms with Gasteiger partial charge in [0.25, 0.3) is 0 Å². The molecule has 1 aliphatic heterocycles. The smallest absolute Gasteiger partial charge is 0.246 e. The Morgan fingerprint density at radius 1 is 1.43 bits per heavy atom. The van der Waals surface area contributed by atoms with E-state index in [0.29, 0.717) is 26.2 Å². The van der Waals surface area contributed by atoms with Crippen LogP contribution < -0.4 is 5.32 Å². The van der Waals surface area contributed by atoms with Crippen LogP contribution >= 0.6 is 0 Å². The molecular formula is C15H24N2O4. The Bertz CT molecular complexity index is 435. The van der Waals surface area contributed by atoms with E-state index >= 15 is 0 Å². The van der Waals surface area contributed by atoms with E-state index in [0.717, 1.165) is 25.0 Å². The average Bonchev–Trinajstić information content (AvgIpc) is 2.91. The predicted octanol–water partition coefficient (Wildman–Crippen LogP) is 0.682. The highest BCUT2D eigenvalue weighted by atomic mass is 16.5.